The predicted molar refractivity (Wildman–Crippen MR) is 92.3 cm³/mol. The Morgan fingerprint density at radius 1 is 1.29 bits per heavy atom. The van der Waals surface area contributed by atoms with Crippen molar-refractivity contribution in [3.05, 3.63) is 40.6 Å². The average Bonchev–Trinajstić information content (AvgIpc) is 3.00. The van der Waals surface area contributed by atoms with Gasteiger partial charge in [-0.1, -0.05) is 30.5 Å². The number of allylic oxidation sites excluding steroid dienone is 1. The molecule has 1 saturated carbocycles. The monoisotopic (exact) mass is 346 g/mol. The van der Waals surface area contributed by atoms with E-state index in [1.165, 1.54) is 0 Å². The van der Waals surface area contributed by atoms with Crippen LogP contribution in [0.5, 0.6) is 0 Å². The Balaban J connectivity index is 1.97. The number of nitriles is 1. The molecular weight excluding hydrogens is 328 g/mol. The van der Waals surface area contributed by atoms with Crippen molar-refractivity contribution < 1.29 is 9.59 Å². The van der Waals surface area contributed by atoms with Gasteiger partial charge in [0, 0.05) is 22.4 Å². The van der Waals surface area contributed by atoms with Crippen molar-refractivity contribution >= 4 is 29.2 Å². The second kappa shape index (κ2) is 8.37. The Bertz CT molecular complexity index is 703. The molecule has 3 amide bonds. The number of carbonyl (C=O) groups is 2. The van der Waals surface area contributed by atoms with E-state index in [0.717, 1.165) is 25.7 Å². The van der Waals surface area contributed by atoms with Crippen molar-refractivity contribution in [1.29, 1.82) is 5.26 Å². The van der Waals surface area contributed by atoms with Crippen LogP contribution in [0.2, 0.25) is 5.02 Å². The number of imide groups is 1. The maximum absolute atomic E-state index is 12.1. The van der Waals surface area contributed by atoms with E-state index in [-0.39, 0.29) is 11.6 Å². The van der Waals surface area contributed by atoms with E-state index in [0.29, 0.717) is 16.4 Å². The third-order valence-electron chi connectivity index (χ3n) is 3.80. The normalized spacial score (nSPS) is 15.2. The largest absolute Gasteiger partial charge is 0.385 e. The summed E-state index contributed by atoms with van der Waals surface area (Å²) in [4.78, 5) is 24.0. The Hall–Kier alpha value is -2.52. The second-order valence-corrected chi connectivity index (χ2v) is 6.09. The van der Waals surface area contributed by atoms with Crippen molar-refractivity contribution in [1.82, 2.24) is 10.6 Å². The van der Waals surface area contributed by atoms with Crippen molar-refractivity contribution in [2.45, 2.75) is 38.6 Å². The first-order valence-corrected chi connectivity index (χ1v) is 8.13. The molecule has 0 radical (unpaired) electrons. The number of amides is 3. The number of nitrogens with zero attached hydrogens (tertiary/aromatic N) is 1. The number of carbonyl (C=O) groups excluding carboxylic acids is 2. The van der Waals surface area contributed by atoms with Gasteiger partial charge in [0.1, 0.15) is 11.6 Å². The quantitative estimate of drug-likeness (QED) is 0.575. The summed E-state index contributed by atoms with van der Waals surface area (Å²) in [6.07, 6.45) is 4.32. The van der Waals surface area contributed by atoms with Crippen LogP contribution >= 0.6 is 11.6 Å². The minimum Gasteiger partial charge on any atom is -0.385 e. The number of nitrogens with one attached hydrogen (secondary N) is 3. The van der Waals surface area contributed by atoms with Crippen molar-refractivity contribution in [2.75, 3.05) is 5.32 Å². The lowest BCUT2D eigenvalue weighted by atomic mass is 10.2. The number of rotatable bonds is 4. The van der Waals surface area contributed by atoms with Crippen LogP contribution in [-0.4, -0.2) is 18.0 Å². The summed E-state index contributed by atoms with van der Waals surface area (Å²) in [5.74, 6) is -0.736. The van der Waals surface area contributed by atoms with Gasteiger partial charge in [-0.15, -0.1) is 0 Å². The van der Waals surface area contributed by atoms with Gasteiger partial charge in [-0.2, -0.15) is 5.26 Å². The average molecular weight is 347 g/mol. The third kappa shape index (κ3) is 5.00. The van der Waals surface area contributed by atoms with E-state index in [1.54, 1.807) is 31.2 Å². The molecule has 6 nitrogen and oxygen atoms in total. The van der Waals surface area contributed by atoms with E-state index in [9.17, 15) is 14.9 Å². The van der Waals surface area contributed by atoms with Crippen LogP contribution in [0.4, 0.5) is 10.5 Å². The lowest BCUT2D eigenvalue weighted by molar-refractivity contribution is -0.116. The van der Waals surface area contributed by atoms with Gasteiger partial charge in [0.2, 0.25) is 0 Å². The van der Waals surface area contributed by atoms with Crippen molar-refractivity contribution in [2.24, 2.45) is 0 Å². The first-order valence-electron chi connectivity index (χ1n) is 7.75. The zero-order chi connectivity index (χ0) is 17.5. The Kier molecular flexibility index (Phi) is 6.21. The molecule has 0 unspecified atom stereocenters. The molecule has 0 aromatic heterocycles. The zero-order valence-corrected chi connectivity index (χ0v) is 14.1. The minimum atomic E-state index is -0.736. The maximum Gasteiger partial charge on any atom is 0.326 e. The number of anilines is 1. The van der Waals surface area contributed by atoms with Crippen molar-refractivity contribution in [3.8, 4) is 6.07 Å². The lowest BCUT2D eigenvalue weighted by Crippen LogP contribution is -2.36. The van der Waals surface area contributed by atoms with E-state index in [4.69, 9.17) is 11.6 Å². The molecule has 7 heteroatoms. The number of urea groups is 1. The van der Waals surface area contributed by atoms with Crippen LogP contribution in [-0.2, 0) is 4.79 Å². The molecule has 0 spiro atoms. The number of halogens is 1. The van der Waals surface area contributed by atoms with Gasteiger partial charge in [0.25, 0.3) is 5.91 Å². The van der Waals surface area contributed by atoms with Crippen LogP contribution in [0.15, 0.2) is 35.5 Å². The van der Waals surface area contributed by atoms with Gasteiger partial charge in [0.05, 0.1) is 0 Å². The van der Waals surface area contributed by atoms with E-state index < -0.39 is 11.9 Å². The topological polar surface area (TPSA) is 94.0 Å². The predicted octanol–water partition coefficient (Wildman–Crippen LogP) is 3.32. The summed E-state index contributed by atoms with van der Waals surface area (Å²) < 4.78 is 0. The number of benzene rings is 1. The van der Waals surface area contributed by atoms with Gasteiger partial charge < -0.3 is 10.6 Å². The lowest BCUT2D eigenvalue weighted by Gasteiger charge is -2.15. The van der Waals surface area contributed by atoms with Crippen LogP contribution in [0, 0.1) is 11.3 Å². The molecule has 0 bridgehead atoms. The summed E-state index contributed by atoms with van der Waals surface area (Å²) in [6, 6.07) is 7.96. The highest BCUT2D eigenvalue weighted by Gasteiger charge is 2.20. The van der Waals surface area contributed by atoms with Crippen molar-refractivity contribution in [3.63, 3.8) is 0 Å². The zero-order valence-electron chi connectivity index (χ0n) is 13.4. The fraction of sp³-hybridized carbons (Fsp3) is 0.353. The number of hydrogen-bond acceptors (Lipinski definition) is 4. The van der Waals surface area contributed by atoms with Crippen LogP contribution < -0.4 is 16.0 Å². The van der Waals surface area contributed by atoms with Gasteiger partial charge in [-0.05, 0) is 38.0 Å². The Morgan fingerprint density at radius 2 is 2.00 bits per heavy atom. The van der Waals surface area contributed by atoms with E-state index >= 15 is 0 Å². The highest BCUT2D eigenvalue weighted by atomic mass is 35.5. The molecule has 2 rings (SSSR count). The number of hydrogen-bond donors (Lipinski definition) is 3. The summed E-state index contributed by atoms with van der Waals surface area (Å²) >= 11 is 5.83. The summed E-state index contributed by atoms with van der Waals surface area (Å²) in [6.45, 7) is 1.67. The fourth-order valence-corrected chi connectivity index (χ4v) is 2.84. The van der Waals surface area contributed by atoms with Gasteiger partial charge in [-0.25, -0.2) is 4.79 Å². The summed E-state index contributed by atoms with van der Waals surface area (Å²) in [5, 5.41) is 17.5. The SMILES string of the molecule is C/C(NC1CCCC1)=C(\C#N)C(=O)NC(=O)Nc1cccc(Cl)c1. The van der Waals surface area contributed by atoms with Gasteiger partial charge in [-0.3, -0.25) is 10.1 Å². The molecule has 1 aromatic rings. The third-order valence-corrected chi connectivity index (χ3v) is 4.03. The summed E-state index contributed by atoms with van der Waals surface area (Å²) in [5.41, 5.74) is 0.844. The Morgan fingerprint density at radius 3 is 2.62 bits per heavy atom. The van der Waals surface area contributed by atoms with Crippen LogP contribution in [0.3, 0.4) is 0 Å². The molecule has 3 N–H and O–H groups in total. The molecule has 1 fully saturated rings. The molecule has 1 aliphatic rings. The second-order valence-electron chi connectivity index (χ2n) is 5.66. The molecule has 126 valence electrons. The first kappa shape index (κ1) is 17.8. The molecule has 1 aliphatic carbocycles. The standard InChI is InChI=1S/C17H19ClN4O2/c1-11(20-13-6-2-3-7-13)15(10-19)16(23)22-17(24)21-14-8-4-5-12(18)9-14/h4-5,8-9,13,20H,2-3,6-7H2,1H3,(H2,21,22,23,24)/b15-11-. The van der Waals surface area contributed by atoms with Gasteiger partial charge >= 0.3 is 6.03 Å². The molecule has 0 aliphatic heterocycles. The highest BCUT2D eigenvalue weighted by Crippen LogP contribution is 2.19. The fourth-order valence-electron chi connectivity index (χ4n) is 2.65. The highest BCUT2D eigenvalue weighted by molar-refractivity contribution is 6.30. The minimum absolute atomic E-state index is 0.0943. The van der Waals surface area contributed by atoms with Gasteiger partial charge in [0.15, 0.2) is 0 Å². The van der Waals surface area contributed by atoms with Crippen LogP contribution in [0.1, 0.15) is 32.6 Å². The molecular formula is C17H19ClN4O2. The maximum atomic E-state index is 12.1. The molecule has 0 atom stereocenters. The molecule has 1 aromatic carbocycles. The first-order chi connectivity index (χ1) is 11.5. The van der Waals surface area contributed by atoms with E-state index in [1.807, 2.05) is 6.07 Å². The molecule has 0 heterocycles. The summed E-state index contributed by atoms with van der Waals surface area (Å²) in [7, 11) is 0. The van der Waals surface area contributed by atoms with E-state index in [2.05, 4.69) is 16.0 Å². The smallest absolute Gasteiger partial charge is 0.326 e. The molecule has 24 heavy (non-hydrogen) atoms. The Labute approximate surface area is 145 Å². The van der Waals surface area contributed by atoms with Crippen LogP contribution in [0.25, 0.3) is 0 Å². The molecule has 0 saturated heterocycles.